The SMILES string of the molecule is CCOC(=O)CCNC(=O)c1cc(-c2ccco2)on1. The first-order valence-electron chi connectivity index (χ1n) is 6.15. The first kappa shape index (κ1) is 13.9. The fraction of sp³-hybridized carbons (Fsp3) is 0.308. The van der Waals surface area contributed by atoms with Gasteiger partial charge in [0.2, 0.25) is 5.76 Å². The average molecular weight is 278 g/mol. The van der Waals surface area contributed by atoms with Gasteiger partial charge in [0, 0.05) is 12.6 Å². The number of aromatic nitrogens is 1. The van der Waals surface area contributed by atoms with Crippen LogP contribution in [0.3, 0.4) is 0 Å². The lowest BCUT2D eigenvalue weighted by atomic mass is 10.3. The van der Waals surface area contributed by atoms with Gasteiger partial charge < -0.3 is 19.0 Å². The van der Waals surface area contributed by atoms with Gasteiger partial charge in [-0.3, -0.25) is 9.59 Å². The molecule has 0 bridgehead atoms. The van der Waals surface area contributed by atoms with E-state index in [1.807, 2.05) is 0 Å². The van der Waals surface area contributed by atoms with Crippen LogP contribution in [-0.4, -0.2) is 30.2 Å². The molecule has 1 N–H and O–H groups in total. The van der Waals surface area contributed by atoms with Crippen molar-refractivity contribution in [1.29, 1.82) is 0 Å². The molecule has 0 aliphatic heterocycles. The Morgan fingerprint density at radius 1 is 1.40 bits per heavy atom. The number of hydrogen-bond acceptors (Lipinski definition) is 6. The number of rotatable bonds is 6. The second-order valence-electron chi connectivity index (χ2n) is 3.86. The molecule has 0 aliphatic carbocycles. The Morgan fingerprint density at radius 2 is 2.25 bits per heavy atom. The standard InChI is InChI=1S/C13H14N2O5/c1-2-18-12(16)5-6-14-13(17)9-8-11(20-15-9)10-4-3-7-19-10/h3-4,7-8H,2,5-6H2,1H3,(H,14,17). The van der Waals surface area contributed by atoms with E-state index in [4.69, 9.17) is 13.7 Å². The minimum absolute atomic E-state index is 0.114. The summed E-state index contributed by atoms with van der Waals surface area (Å²) in [5.74, 6) is 0.0775. The third-order valence-corrected chi connectivity index (χ3v) is 2.43. The maximum atomic E-state index is 11.8. The van der Waals surface area contributed by atoms with E-state index >= 15 is 0 Å². The van der Waals surface area contributed by atoms with Gasteiger partial charge in [0.1, 0.15) is 0 Å². The highest BCUT2D eigenvalue weighted by atomic mass is 16.5. The number of amides is 1. The average Bonchev–Trinajstić information content (AvgIpc) is 3.10. The molecule has 2 aromatic rings. The van der Waals surface area contributed by atoms with Gasteiger partial charge in [-0.1, -0.05) is 5.16 Å². The van der Waals surface area contributed by atoms with Gasteiger partial charge >= 0.3 is 5.97 Å². The Kier molecular flexibility index (Phi) is 4.54. The zero-order valence-electron chi connectivity index (χ0n) is 10.9. The smallest absolute Gasteiger partial charge is 0.307 e. The molecule has 0 fully saturated rings. The Hall–Kier alpha value is -2.57. The van der Waals surface area contributed by atoms with Crippen molar-refractivity contribution < 1.29 is 23.3 Å². The monoisotopic (exact) mass is 278 g/mol. The summed E-state index contributed by atoms with van der Waals surface area (Å²) in [6.07, 6.45) is 1.61. The lowest BCUT2D eigenvalue weighted by Gasteiger charge is -2.02. The van der Waals surface area contributed by atoms with Gasteiger partial charge in [-0.05, 0) is 19.1 Å². The molecule has 2 aromatic heterocycles. The quantitative estimate of drug-likeness (QED) is 0.807. The molecule has 7 nitrogen and oxygen atoms in total. The molecule has 0 saturated heterocycles. The van der Waals surface area contributed by atoms with Gasteiger partial charge in [-0.2, -0.15) is 0 Å². The maximum absolute atomic E-state index is 11.8. The number of hydrogen-bond donors (Lipinski definition) is 1. The third-order valence-electron chi connectivity index (χ3n) is 2.43. The van der Waals surface area contributed by atoms with Crippen molar-refractivity contribution in [2.45, 2.75) is 13.3 Å². The fourth-order valence-corrected chi connectivity index (χ4v) is 1.52. The Labute approximate surface area is 114 Å². The number of carbonyl (C=O) groups excluding carboxylic acids is 2. The van der Waals surface area contributed by atoms with Crippen LogP contribution in [-0.2, 0) is 9.53 Å². The minimum atomic E-state index is -0.421. The molecule has 2 heterocycles. The topological polar surface area (TPSA) is 94.6 Å². The van der Waals surface area contributed by atoms with Crippen molar-refractivity contribution in [2.24, 2.45) is 0 Å². The van der Waals surface area contributed by atoms with Crippen LogP contribution in [0, 0.1) is 0 Å². The van der Waals surface area contributed by atoms with Crippen LogP contribution in [0.4, 0.5) is 0 Å². The molecule has 0 unspecified atom stereocenters. The Bertz CT molecular complexity index is 573. The Morgan fingerprint density at radius 3 is 2.95 bits per heavy atom. The Balaban J connectivity index is 1.86. The molecule has 0 aromatic carbocycles. The molecule has 0 aliphatic rings. The summed E-state index contributed by atoms with van der Waals surface area (Å²) in [6.45, 7) is 2.23. The number of carbonyl (C=O) groups is 2. The molecule has 106 valence electrons. The van der Waals surface area contributed by atoms with Crippen molar-refractivity contribution in [3.63, 3.8) is 0 Å². The highest BCUT2D eigenvalue weighted by molar-refractivity contribution is 5.93. The highest BCUT2D eigenvalue weighted by Crippen LogP contribution is 2.20. The largest absolute Gasteiger partial charge is 0.466 e. The van der Waals surface area contributed by atoms with Crippen LogP contribution in [0.5, 0.6) is 0 Å². The fourth-order valence-electron chi connectivity index (χ4n) is 1.52. The van der Waals surface area contributed by atoms with Gasteiger partial charge in [-0.25, -0.2) is 0 Å². The molecule has 20 heavy (non-hydrogen) atoms. The van der Waals surface area contributed by atoms with Crippen molar-refractivity contribution in [3.8, 4) is 11.5 Å². The molecular formula is C13H14N2O5. The summed E-state index contributed by atoms with van der Waals surface area (Å²) in [4.78, 5) is 22.9. The van der Waals surface area contributed by atoms with Gasteiger partial charge in [0.25, 0.3) is 5.91 Å². The lowest BCUT2D eigenvalue weighted by molar-refractivity contribution is -0.142. The molecule has 0 atom stereocenters. The summed E-state index contributed by atoms with van der Waals surface area (Å²) >= 11 is 0. The summed E-state index contributed by atoms with van der Waals surface area (Å²) in [6, 6.07) is 4.87. The number of nitrogens with one attached hydrogen (secondary N) is 1. The zero-order valence-corrected chi connectivity index (χ0v) is 10.9. The zero-order chi connectivity index (χ0) is 14.4. The molecule has 1 amide bonds. The molecule has 0 saturated carbocycles. The second kappa shape index (κ2) is 6.55. The van der Waals surface area contributed by atoms with Crippen LogP contribution >= 0.6 is 0 Å². The first-order valence-corrected chi connectivity index (χ1v) is 6.15. The molecule has 0 spiro atoms. The van der Waals surface area contributed by atoms with E-state index in [0.717, 1.165) is 0 Å². The molecular weight excluding hydrogens is 264 g/mol. The number of nitrogens with zero attached hydrogens (tertiary/aromatic N) is 1. The molecule has 7 heteroatoms. The van der Waals surface area contributed by atoms with Crippen LogP contribution in [0.1, 0.15) is 23.8 Å². The summed E-state index contributed by atoms with van der Waals surface area (Å²) < 4.78 is 14.9. The van der Waals surface area contributed by atoms with Crippen molar-refractivity contribution in [2.75, 3.05) is 13.2 Å². The van der Waals surface area contributed by atoms with Crippen LogP contribution in [0.2, 0.25) is 0 Å². The summed E-state index contributed by atoms with van der Waals surface area (Å²) in [5, 5.41) is 6.20. The van der Waals surface area contributed by atoms with Gasteiger partial charge in [0.05, 0.1) is 19.3 Å². The van der Waals surface area contributed by atoms with Crippen molar-refractivity contribution >= 4 is 11.9 Å². The maximum Gasteiger partial charge on any atom is 0.307 e. The normalized spacial score (nSPS) is 10.2. The van der Waals surface area contributed by atoms with E-state index in [9.17, 15) is 9.59 Å². The van der Waals surface area contributed by atoms with E-state index in [0.29, 0.717) is 18.1 Å². The summed E-state index contributed by atoms with van der Waals surface area (Å²) in [5.41, 5.74) is 0.125. The molecule has 2 rings (SSSR count). The number of esters is 1. The van der Waals surface area contributed by atoms with Crippen LogP contribution in [0.25, 0.3) is 11.5 Å². The van der Waals surface area contributed by atoms with E-state index in [2.05, 4.69) is 10.5 Å². The highest BCUT2D eigenvalue weighted by Gasteiger charge is 2.15. The van der Waals surface area contributed by atoms with E-state index in [1.165, 1.54) is 12.3 Å². The van der Waals surface area contributed by atoms with E-state index in [-0.39, 0.29) is 24.6 Å². The van der Waals surface area contributed by atoms with Gasteiger partial charge in [0.15, 0.2) is 11.5 Å². The molecule has 0 radical (unpaired) electrons. The lowest BCUT2D eigenvalue weighted by Crippen LogP contribution is -2.26. The predicted molar refractivity (Wildman–Crippen MR) is 67.8 cm³/mol. The second-order valence-corrected chi connectivity index (χ2v) is 3.86. The van der Waals surface area contributed by atoms with Gasteiger partial charge in [-0.15, -0.1) is 0 Å². The van der Waals surface area contributed by atoms with Crippen LogP contribution < -0.4 is 5.32 Å². The van der Waals surface area contributed by atoms with Crippen molar-refractivity contribution in [1.82, 2.24) is 10.5 Å². The third kappa shape index (κ3) is 3.47. The van der Waals surface area contributed by atoms with E-state index in [1.54, 1.807) is 19.1 Å². The van der Waals surface area contributed by atoms with Crippen LogP contribution in [0.15, 0.2) is 33.4 Å². The number of furan rings is 1. The number of ether oxygens (including phenoxy) is 1. The predicted octanol–water partition coefficient (Wildman–Crippen LogP) is 1.62. The first-order chi connectivity index (χ1) is 9.70. The summed E-state index contributed by atoms with van der Waals surface area (Å²) in [7, 11) is 0. The van der Waals surface area contributed by atoms with E-state index < -0.39 is 5.91 Å². The van der Waals surface area contributed by atoms with Crippen molar-refractivity contribution in [3.05, 3.63) is 30.2 Å². The minimum Gasteiger partial charge on any atom is -0.466 e.